The summed E-state index contributed by atoms with van der Waals surface area (Å²) in [6, 6.07) is 7.71. The van der Waals surface area contributed by atoms with Crippen molar-refractivity contribution in [2.24, 2.45) is 5.73 Å². The highest BCUT2D eigenvalue weighted by atomic mass is 16.1. The average molecular weight is 232 g/mol. The molecule has 3 heteroatoms. The molecule has 2 rings (SSSR count). The molecule has 1 aromatic rings. The van der Waals surface area contributed by atoms with Crippen LogP contribution in [-0.2, 0) is 5.54 Å². The fraction of sp³-hybridized carbons (Fsp3) is 0.500. The SMILES string of the molecule is CNC1(c2ccccc2C(N)=O)CCCCC1. The van der Waals surface area contributed by atoms with Crippen molar-refractivity contribution in [2.45, 2.75) is 37.6 Å². The van der Waals surface area contributed by atoms with Crippen molar-refractivity contribution < 1.29 is 4.79 Å². The molecule has 1 saturated carbocycles. The Morgan fingerprint density at radius 2 is 1.88 bits per heavy atom. The summed E-state index contributed by atoms with van der Waals surface area (Å²) in [5.41, 5.74) is 7.12. The van der Waals surface area contributed by atoms with Gasteiger partial charge in [0.05, 0.1) is 0 Å². The number of amides is 1. The van der Waals surface area contributed by atoms with Gasteiger partial charge in [0.15, 0.2) is 0 Å². The van der Waals surface area contributed by atoms with Crippen LogP contribution >= 0.6 is 0 Å². The van der Waals surface area contributed by atoms with Crippen LogP contribution in [0.15, 0.2) is 24.3 Å². The molecule has 0 spiro atoms. The second kappa shape index (κ2) is 4.88. The van der Waals surface area contributed by atoms with E-state index in [2.05, 4.69) is 5.32 Å². The topological polar surface area (TPSA) is 55.1 Å². The van der Waals surface area contributed by atoms with E-state index in [1.54, 1.807) is 0 Å². The zero-order valence-electron chi connectivity index (χ0n) is 10.3. The highest BCUT2D eigenvalue weighted by molar-refractivity contribution is 5.94. The second-order valence-electron chi connectivity index (χ2n) is 4.80. The zero-order valence-corrected chi connectivity index (χ0v) is 10.3. The Labute approximate surface area is 102 Å². The Morgan fingerprint density at radius 1 is 1.24 bits per heavy atom. The van der Waals surface area contributed by atoms with Crippen LogP contribution in [-0.4, -0.2) is 13.0 Å². The Morgan fingerprint density at radius 3 is 2.47 bits per heavy atom. The first-order valence-corrected chi connectivity index (χ1v) is 6.28. The Kier molecular flexibility index (Phi) is 3.48. The van der Waals surface area contributed by atoms with Crippen molar-refractivity contribution in [3.8, 4) is 0 Å². The first-order valence-electron chi connectivity index (χ1n) is 6.28. The summed E-state index contributed by atoms with van der Waals surface area (Å²) < 4.78 is 0. The van der Waals surface area contributed by atoms with Gasteiger partial charge in [0.25, 0.3) is 0 Å². The molecule has 0 radical (unpaired) electrons. The summed E-state index contributed by atoms with van der Waals surface area (Å²) in [7, 11) is 1.98. The molecule has 3 N–H and O–H groups in total. The second-order valence-corrected chi connectivity index (χ2v) is 4.80. The van der Waals surface area contributed by atoms with Gasteiger partial charge in [0.2, 0.25) is 5.91 Å². The smallest absolute Gasteiger partial charge is 0.249 e. The summed E-state index contributed by atoms with van der Waals surface area (Å²) in [6.07, 6.45) is 5.84. The predicted octanol–water partition coefficient (Wildman–Crippen LogP) is 2.16. The number of rotatable bonds is 3. The van der Waals surface area contributed by atoms with Crippen molar-refractivity contribution >= 4 is 5.91 Å². The largest absolute Gasteiger partial charge is 0.366 e. The summed E-state index contributed by atoms with van der Waals surface area (Å²) in [5, 5.41) is 3.42. The summed E-state index contributed by atoms with van der Waals surface area (Å²) in [6.45, 7) is 0. The van der Waals surface area contributed by atoms with E-state index in [9.17, 15) is 4.79 Å². The first-order chi connectivity index (χ1) is 8.19. The summed E-state index contributed by atoms with van der Waals surface area (Å²) in [5.74, 6) is -0.333. The number of hydrogen-bond donors (Lipinski definition) is 2. The molecule has 0 unspecified atom stereocenters. The van der Waals surface area contributed by atoms with Crippen LogP contribution in [0.5, 0.6) is 0 Å². The molecule has 17 heavy (non-hydrogen) atoms. The lowest BCUT2D eigenvalue weighted by atomic mass is 9.75. The Hall–Kier alpha value is -1.35. The number of nitrogens with two attached hydrogens (primary N) is 1. The van der Waals surface area contributed by atoms with Crippen LogP contribution in [0.4, 0.5) is 0 Å². The van der Waals surface area contributed by atoms with Gasteiger partial charge in [-0.2, -0.15) is 0 Å². The number of nitrogens with one attached hydrogen (secondary N) is 1. The van der Waals surface area contributed by atoms with Gasteiger partial charge < -0.3 is 11.1 Å². The van der Waals surface area contributed by atoms with E-state index in [1.165, 1.54) is 19.3 Å². The zero-order chi connectivity index (χ0) is 12.3. The summed E-state index contributed by atoms with van der Waals surface area (Å²) in [4.78, 5) is 11.5. The third kappa shape index (κ3) is 2.20. The molecule has 92 valence electrons. The van der Waals surface area contributed by atoms with E-state index in [-0.39, 0.29) is 11.4 Å². The van der Waals surface area contributed by atoms with Crippen LogP contribution in [0, 0.1) is 0 Å². The minimum absolute atomic E-state index is 0.0656. The molecule has 1 aromatic carbocycles. The van der Waals surface area contributed by atoms with Crippen molar-refractivity contribution in [3.05, 3.63) is 35.4 Å². The van der Waals surface area contributed by atoms with Crippen molar-refractivity contribution in [3.63, 3.8) is 0 Å². The maximum Gasteiger partial charge on any atom is 0.249 e. The number of benzene rings is 1. The molecule has 0 bridgehead atoms. The molecular formula is C14H20N2O. The van der Waals surface area contributed by atoms with E-state index in [4.69, 9.17) is 5.73 Å². The molecule has 1 aliphatic carbocycles. The summed E-state index contributed by atoms with van der Waals surface area (Å²) >= 11 is 0. The molecule has 1 fully saturated rings. The van der Waals surface area contributed by atoms with Gasteiger partial charge in [-0.3, -0.25) is 4.79 Å². The van der Waals surface area contributed by atoms with E-state index in [0.29, 0.717) is 5.56 Å². The predicted molar refractivity (Wildman–Crippen MR) is 68.8 cm³/mol. The van der Waals surface area contributed by atoms with Gasteiger partial charge in [0.1, 0.15) is 0 Å². The van der Waals surface area contributed by atoms with Crippen LogP contribution in [0.2, 0.25) is 0 Å². The van der Waals surface area contributed by atoms with E-state index in [0.717, 1.165) is 18.4 Å². The van der Waals surface area contributed by atoms with Crippen molar-refractivity contribution in [1.82, 2.24) is 5.32 Å². The first kappa shape index (κ1) is 12.1. The van der Waals surface area contributed by atoms with Crippen LogP contribution in [0.25, 0.3) is 0 Å². The van der Waals surface area contributed by atoms with E-state index in [1.807, 2.05) is 31.3 Å². The third-order valence-corrected chi connectivity index (χ3v) is 3.89. The van der Waals surface area contributed by atoms with Gasteiger partial charge in [-0.15, -0.1) is 0 Å². The lowest BCUT2D eigenvalue weighted by Crippen LogP contribution is -2.43. The maximum atomic E-state index is 11.5. The fourth-order valence-electron chi connectivity index (χ4n) is 2.92. The highest BCUT2D eigenvalue weighted by Crippen LogP contribution is 2.38. The highest BCUT2D eigenvalue weighted by Gasteiger charge is 2.34. The molecule has 1 aliphatic rings. The number of primary amides is 1. The van der Waals surface area contributed by atoms with E-state index < -0.39 is 0 Å². The Bertz CT molecular complexity index is 408. The van der Waals surface area contributed by atoms with Crippen LogP contribution in [0.3, 0.4) is 0 Å². The quantitative estimate of drug-likeness (QED) is 0.839. The number of hydrogen-bond acceptors (Lipinski definition) is 2. The minimum atomic E-state index is -0.333. The molecule has 0 heterocycles. The van der Waals surface area contributed by atoms with Gasteiger partial charge >= 0.3 is 0 Å². The molecule has 0 aliphatic heterocycles. The molecule has 0 aromatic heterocycles. The molecule has 1 amide bonds. The van der Waals surface area contributed by atoms with Gasteiger partial charge in [-0.05, 0) is 31.5 Å². The molecule has 3 nitrogen and oxygen atoms in total. The molecular weight excluding hydrogens is 212 g/mol. The van der Waals surface area contributed by atoms with E-state index >= 15 is 0 Å². The third-order valence-electron chi connectivity index (χ3n) is 3.89. The normalized spacial score (nSPS) is 18.9. The lowest BCUT2D eigenvalue weighted by molar-refractivity contribution is 0.0995. The number of carbonyl (C=O) groups excluding carboxylic acids is 1. The van der Waals surface area contributed by atoms with Crippen LogP contribution < -0.4 is 11.1 Å². The van der Waals surface area contributed by atoms with Gasteiger partial charge in [0, 0.05) is 11.1 Å². The minimum Gasteiger partial charge on any atom is -0.366 e. The monoisotopic (exact) mass is 232 g/mol. The molecule has 0 saturated heterocycles. The standard InChI is InChI=1S/C14H20N2O/c1-16-14(9-5-2-6-10-14)12-8-4-3-7-11(12)13(15)17/h3-4,7-8,16H,2,5-6,9-10H2,1H3,(H2,15,17). The number of carbonyl (C=O) groups is 1. The van der Waals surface area contributed by atoms with Crippen molar-refractivity contribution in [1.29, 1.82) is 0 Å². The maximum absolute atomic E-state index is 11.5. The average Bonchev–Trinajstić information content (AvgIpc) is 2.39. The lowest BCUT2D eigenvalue weighted by Gasteiger charge is -2.38. The van der Waals surface area contributed by atoms with Crippen molar-refractivity contribution in [2.75, 3.05) is 7.05 Å². The molecule has 0 atom stereocenters. The van der Waals surface area contributed by atoms with Crippen LogP contribution in [0.1, 0.15) is 48.0 Å². The van der Waals surface area contributed by atoms with Gasteiger partial charge in [-0.1, -0.05) is 37.5 Å². The van der Waals surface area contributed by atoms with Gasteiger partial charge in [-0.25, -0.2) is 0 Å². The Balaban J connectivity index is 2.46. The fourth-order valence-corrected chi connectivity index (χ4v) is 2.92.